The van der Waals surface area contributed by atoms with E-state index in [0.29, 0.717) is 12.2 Å². The number of ether oxygens (including phenoxy) is 1. The Balaban J connectivity index is 1.24. The number of aromatic nitrogens is 1. The first kappa shape index (κ1) is 21.4. The minimum atomic E-state index is -1.75. The number of benzene rings is 2. The molecule has 1 saturated carbocycles. The smallest absolute Gasteiger partial charge is 0.175 e. The van der Waals surface area contributed by atoms with E-state index in [1.807, 2.05) is 0 Å². The standard InChI is InChI=1S/C26H37NO2Si2/c1-30(2,17-15-20-13-14-25-26(19-20)28-25)29-31(3,4)18-16-27-23-11-7-5-9-21(23)22-10-6-8-12-24(22)27/h5-12,20,25-26H,13-19H2,1-4H3. The lowest BCUT2D eigenvalue weighted by Gasteiger charge is -2.35. The summed E-state index contributed by atoms with van der Waals surface area (Å²) in [6.45, 7) is 10.8. The third-order valence-electron chi connectivity index (χ3n) is 7.44. The molecule has 2 aromatic carbocycles. The summed E-state index contributed by atoms with van der Waals surface area (Å²) in [6, 6.07) is 20.1. The first-order chi connectivity index (χ1) is 14.8. The fraction of sp³-hybridized carbons (Fsp3) is 0.538. The van der Waals surface area contributed by atoms with E-state index in [2.05, 4.69) is 79.3 Å². The lowest BCUT2D eigenvalue weighted by atomic mass is 9.88. The first-order valence-corrected chi connectivity index (χ1v) is 18.4. The quantitative estimate of drug-likeness (QED) is 0.268. The maximum absolute atomic E-state index is 7.01. The van der Waals surface area contributed by atoms with Gasteiger partial charge in [-0.2, -0.15) is 0 Å². The topological polar surface area (TPSA) is 26.7 Å². The van der Waals surface area contributed by atoms with Crippen LogP contribution in [0.15, 0.2) is 48.5 Å². The SMILES string of the molecule is C[Si](C)(CCC1CCC2OC2C1)O[Si](C)(C)CCn1c2ccccc2c2ccccc21. The average Bonchev–Trinajstić information content (AvgIpc) is 3.44. The van der Waals surface area contributed by atoms with E-state index >= 15 is 0 Å². The van der Waals surface area contributed by atoms with Crippen molar-refractivity contribution in [3.8, 4) is 0 Å². The Morgan fingerprint density at radius 1 is 0.839 bits per heavy atom. The van der Waals surface area contributed by atoms with Gasteiger partial charge in [-0.05, 0) is 75.6 Å². The minimum Gasteiger partial charge on any atom is -0.455 e. The molecule has 5 rings (SSSR count). The highest BCUT2D eigenvalue weighted by atomic mass is 28.4. The van der Waals surface area contributed by atoms with Crippen LogP contribution in [0.5, 0.6) is 0 Å². The van der Waals surface area contributed by atoms with Gasteiger partial charge in [-0.25, -0.2) is 0 Å². The van der Waals surface area contributed by atoms with Crippen LogP contribution in [0.25, 0.3) is 21.8 Å². The third kappa shape index (κ3) is 4.70. The second-order valence-electron chi connectivity index (χ2n) is 11.0. The second kappa shape index (κ2) is 8.18. The van der Waals surface area contributed by atoms with Crippen LogP contribution in [0.4, 0.5) is 0 Å². The minimum absolute atomic E-state index is 0.599. The number of hydrogen-bond acceptors (Lipinski definition) is 2. The van der Waals surface area contributed by atoms with Crippen molar-refractivity contribution in [2.75, 3.05) is 0 Å². The van der Waals surface area contributed by atoms with Crippen LogP contribution in [-0.2, 0) is 15.4 Å². The molecule has 1 saturated heterocycles. The summed E-state index contributed by atoms with van der Waals surface area (Å²) in [7, 11) is -3.39. The average molecular weight is 452 g/mol. The number of para-hydroxylation sites is 2. The first-order valence-electron chi connectivity index (χ1n) is 12.1. The summed E-state index contributed by atoms with van der Waals surface area (Å²) < 4.78 is 15.3. The fourth-order valence-corrected chi connectivity index (χ4v) is 14.4. The molecule has 0 bridgehead atoms. The lowest BCUT2D eigenvalue weighted by Crippen LogP contribution is -2.45. The van der Waals surface area contributed by atoms with Gasteiger partial charge in [0.2, 0.25) is 0 Å². The molecule has 31 heavy (non-hydrogen) atoms. The molecular weight excluding hydrogens is 414 g/mol. The van der Waals surface area contributed by atoms with Crippen LogP contribution in [0.3, 0.4) is 0 Å². The van der Waals surface area contributed by atoms with Crippen LogP contribution < -0.4 is 0 Å². The fourth-order valence-electron chi connectivity index (χ4n) is 5.78. The predicted molar refractivity (Wildman–Crippen MR) is 136 cm³/mol. The summed E-state index contributed by atoms with van der Waals surface area (Å²) in [4.78, 5) is 0. The Morgan fingerprint density at radius 3 is 2.10 bits per heavy atom. The molecule has 1 aromatic heterocycles. The highest BCUT2D eigenvalue weighted by Crippen LogP contribution is 2.42. The molecule has 0 N–H and O–H groups in total. The molecule has 0 amide bonds. The van der Waals surface area contributed by atoms with Crippen molar-refractivity contribution >= 4 is 38.4 Å². The molecule has 0 radical (unpaired) electrons. The molecule has 3 aromatic rings. The zero-order chi connectivity index (χ0) is 21.6. The molecule has 5 heteroatoms. The Hall–Kier alpha value is -1.41. The predicted octanol–water partition coefficient (Wildman–Crippen LogP) is 7.18. The zero-order valence-electron chi connectivity index (χ0n) is 19.6. The monoisotopic (exact) mass is 451 g/mol. The molecule has 2 heterocycles. The van der Waals surface area contributed by atoms with Gasteiger partial charge in [-0.3, -0.25) is 0 Å². The molecule has 2 aliphatic rings. The van der Waals surface area contributed by atoms with E-state index in [1.54, 1.807) is 0 Å². The van der Waals surface area contributed by atoms with Crippen LogP contribution in [0, 0.1) is 5.92 Å². The van der Waals surface area contributed by atoms with Crippen molar-refractivity contribution in [3.63, 3.8) is 0 Å². The Bertz CT molecular complexity index is 1020. The molecule has 166 valence electrons. The molecule has 1 aliphatic heterocycles. The Morgan fingerprint density at radius 2 is 1.45 bits per heavy atom. The van der Waals surface area contributed by atoms with Gasteiger partial charge < -0.3 is 13.4 Å². The summed E-state index contributed by atoms with van der Waals surface area (Å²) in [5.74, 6) is 0.863. The number of hydrogen-bond donors (Lipinski definition) is 0. The van der Waals surface area contributed by atoms with E-state index in [9.17, 15) is 0 Å². The van der Waals surface area contributed by atoms with E-state index < -0.39 is 16.6 Å². The normalized spacial score (nSPS) is 23.9. The largest absolute Gasteiger partial charge is 0.455 e. The van der Waals surface area contributed by atoms with Crippen LogP contribution in [-0.4, -0.2) is 33.4 Å². The van der Waals surface area contributed by atoms with Gasteiger partial charge >= 0.3 is 0 Å². The number of rotatable bonds is 8. The van der Waals surface area contributed by atoms with E-state index in [4.69, 9.17) is 8.85 Å². The van der Waals surface area contributed by atoms with Crippen molar-refractivity contribution in [3.05, 3.63) is 48.5 Å². The molecule has 3 nitrogen and oxygen atoms in total. The lowest BCUT2D eigenvalue weighted by molar-refractivity contribution is 0.355. The second-order valence-corrected chi connectivity index (χ2v) is 19.8. The summed E-state index contributed by atoms with van der Waals surface area (Å²) in [5, 5.41) is 2.73. The Kier molecular flexibility index (Phi) is 5.66. The van der Waals surface area contributed by atoms with E-state index in [1.165, 1.54) is 53.5 Å². The van der Waals surface area contributed by atoms with Crippen LogP contribution in [0.1, 0.15) is 25.7 Å². The number of fused-ring (bicyclic) bond motifs is 4. The summed E-state index contributed by atoms with van der Waals surface area (Å²) in [6.07, 6.45) is 6.50. The highest BCUT2D eigenvalue weighted by molar-refractivity contribution is 6.84. The molecule has 0 spiro atoms. The van der Waals surface area contributed by atoms with E-state index in [0.717, 1.165) is 18.5 Å². The zero-order valence-corrected chi connectivity index (χ0v) is 21.6. The maximum Gasteiger partial charge on any atom is 0.175 e. The molecule has 3 unspecified atom stereocenters. The van der Waals surface area contributed by atoms with Crippen LogP contribution >= 0.6 is 0 Å². The molecule has 2 fully saturated rings. The molecule has 1 aliphatic carbocycles. The van der Waals surface area contributed by atoms with Gasteiger partial charge in [-0.15, -0.1) is 0 Å². The molecule has 3 atom stereocenters. The van der Waals surface area contributed by atoms with Crippen molar-refractivity contribution in [1.82, 2.24) is 4.57 Å². The number of epoxide rings is 1. The van der Waals surface area contributed by atoms with Gasteiger partial charge in [0.15, 0.2) is 16.6 Å². The van der Waals surface area contributed by atoms with Gasteiger partial charge in [-0.1, -0.05) is 42.8 Å². The Labute approximate surface area is 189 Å². The van der Waals surface area contributed by atoms with Gasteiger partial charge in [0.1, 0.15) is 0 Å². The van der Waals surface area contributed by atoms with Crippen molar-refractivity contribution in [2.45, 2.75) is 82.7 Å². The maximum atomic E-state index is 7.01. The number of aryl methyl sites for hydroxylation is 1. The van der Waals surface area contributed by atoms with Crippen LogP contribution in [0.2, 0.25) is 38.3 Å². The van der Waals surface area contributed by atoms with Gasteiger partial charge in [0, 0.05) is 28.4 Å². The van der Waals surface area contributed by atoms with Gasteiger partial charge in [0.05, 0.1) is 12.2 Å². The summed E-state index contributed by atoms with van der Waals surface area (Å²) in [5.41, 5.74) is 2.70. The number of nitrogens with zero attached hydrogens (tertiary/aromatic N) is 1. The third-order valence-corrected chi connectivity index (χ3v) is 14.8. The van der Waals surface area contributed by atoms with Gasteiger partial charge in [0.25, 0.3) is 0 Å². The van der Waals surface area contributed by atoms with E-state index in [-0.39, 0.29) is 0 Å². The highest BCUT2D eigenvalue weighted by Gasteiger charge is 2.44. The molecular formula is C26H37NO2Si2. The van der Waals surface area contributed by atoms with Crippen molar-refractivity contribution in [2.24, 2.45) is 5.92 Å². The van der Waals surface area contributed by atoms with Crippen molar-refractivity contribution in [1.29, 1.82) is 0 Å². The van der Waals surface area contributed by atoms with Crippen molar-refractivity contribution < 1.29 is 8.85 Å². The summed E-state index contributed by atoms with van der Waals surface area (Å²) >= 11 is 0.